The van der Waals surface area contributed by atoms with Crippen molar-refractivity contribution in [3.05, 3.63) is 34.9 Å². The molecule has 2 unspecified atom stereocenters. The third kappa shape index (κ3) is 8.16. The normalized spacial score (nSPS) is 18.4. The van der Waals surface area contributed by atoms with Crippen LogP contribution in [0.25, 0.3) is 0 Å². The van der Waals surface area contributed by atoms with Gasteiger partial charge in [-0.25, -0.2) is 0 Å². The highest BCUT2D eigenvalue weighted by molar-refractivity contribution is 7.98. The van der Waals surface area contributed by atoms with E-state index in [-0.39, 0.29) is 17.9 Å². The number of benzene rings is 1. The zero-order chi connectivity index (χ0) is 21.2. The molecule has 1 heterocycles. The van der Waals surface area contributed by atoms with Gasteiger partial charge >= 0.3 is 0 Å². The van der Waals surface area contributed by atoms with Crippen molar-refractivity contribution in [3.8, 4) is 0 Å². The summed E-state index contributed by atoms with van der Waals surface area (Å²) in [7, 11) is 0. The van der Waals surface area contributed by atoms with Gasteiger partial charge in [0.1, 0.15) is 6.04 Å². The van der Waals surface area contributed by atoms with E-state index in [2.05, 4.69) is 29.4 Å². The summed E-state index contributed by atoms with van der Waals surface area (Å²) in [6.45, 7) is 8.26. The number of thioether (sulfide) groups is 1. The minimum atomic E-state index is -0.610. The van der Waals surface area contributed by atoms with Gasteiger partial charge in [0, 0.05) is 26.2 Å². The minimum Gasteiger partial charge on any atom is -0.374 e. The molecule has 0 bridgehead atoms. The SMILES string of the molecule is CSCCC(NC(=O)c1ccccc1Cl)C(=O)NCC1CN(CC(C)C)CCO1. The van der Waals surface area contributed by atoms with Gasteiger partial charge in [-0.3, -0.25) is 14.5 Å². The van der Waals surface area contributed by atoms with Crippen molar-refractivity contribution in [2.75, 3.05) is 44.8 Å². The molecule has 8 heteroatoms. The molecule has 1 aliphatic heterocycles. The Morgan fingerprint density at radius 3 is 2.79 bits per heavy atom. The number of nitrogens with one attached hydrogen (secondary N) is 2. The van der Waals surface area contributed by atoms with E-state index in [1.165, 1.54) is 0 Å². The van der Waals surface area contributed by atoms with Crippen molar-refractivity contribution in [2.45, 2.75) is 32.4 Å². The Bertz CT molecular complexity index is 674. The number of nitrogens with zero attached hydrogens (tertiary/aromatic N) is 1. The van der Waals surface area contributed by atoms with Crippen LogP contribution < -0.4 is 10.6 Å². The molecule has 162 valence electrons. The highest BCUT2D eigenvalue weighted by Crippen LogP contribution is 2.15. The molecule has 0 aliphatic carbocycles. The zero-order valence-corrected chi connectivity index (χ0v) is 19.0. The van der Waals surface area contributed by atoms with Crippen LogP contribution in [-0.2, 0) is 9.53 Å². The van der Waals surface area contributed by atoms with E-state index < -0.39 is 6.04 Å². The van der Waals surface area contributed by atoms with Crippen LogP contribution in [-0.4, -0.2) is 73.7 Å². The molecule has 29 heavy (non-hydrogen) atoms. The summed E-state index contributed by atoms with van der Waals surface area (Å²) >= 11 is 7.75. The second-order valence-corrected chi connectivity index (χ2v) is 9.07. The molecule has 1 aliphatic rings. The second-order valence-electron chi connectivity index (χ2n) is 7.68. The van der Waals surface area contributed by atoms with Crippen molar-refractivity contribution >= 4 is 35.2 Å². The van der Waals surface area contributed by atoms with E-state index in [4.69, 9.17) is 16.3 Å². The maximum atomic E-state index is 12.8. The molecular formula is C21H32ClN3O3S. The topological polar surface area (TPSA) is 70.7 Å². The van der Waals surface area contributed by atoms with Gasteiger partial charge < -0.3 is 15.4 Å². The molecule has 6 nitrogen and oxygen atoms in total. The fourth-order valence-corrected chi connectivity index (χ4v) is 4.00. The monoisotopic (exact) mass is 441 g/mol. The number of amides is 2. The first-order chi connectivity index (χ1) is 13.9. The van der Waals surface area contributed by atoms with Crippen LogP contribution >= 0.6 is 23.4 Å². The predicted molar refractivity (Wildman–Crippen MR) is 120 cm³/mol. The number of halogens is 1. The van der Waals surface area contributed by atoms with Gasteiger partial charge in [0.2, 0.25) is 5.91 Å². The Balaban J connectivity index is 1.91. The molecule has 2 N–H and O–H groups in total. The first-order valence-corrected chi connectivity index (χ1v) is 11.8. The number of rotatable bonds is 10. The van der Waals surface area contributed by atoms with Crippen molar-refractivity contribution in [3.63, 3.8) is 0 Å². The van der Waals surface area contributed by atoms with E-state index in [9.17, 15) is 9.59 Å². The largest absolute Gasteiger partial charge is 0.374 e. The Labute approximate surface area is 183 Å². The Hall–Kier alpha value is -1.28. The summed E-state index contributed by atoms with van der Waals surface area (Å²) in [5.41, 5.74) is 0.371. The van der Waals surface area contributed by atoms with Crippen LogP contribution in [0.15, 0.2) is 24.3 Å². The molecule has 2 rings (SSSR count). The fourth-order valence-electron chi connectivity index (χ4n) is 3.31. The number of carbonyl (C=O) groups is 2. The third-order valence-corrected chi connectivity index (χ3v) is 5.67. The Morgan fingerprint density at radius 2 is 2.10 bits per heavy atom. The highest BCUT2D eigenvalue weighted by Gasteiger charge is 2.25. The molecular weight excluding hydrogens is 410 g/mol. The maximum absolute atomic E-state index is 12.8. The third-order valence-electron chi connectivity index (χ3n) is 4.70. The second kappa shape index (κ2) is 12.4. The van der Waals surface area contributed by atoms with Crippen LogP contribution in [0.2, 0.25) is 5.02 Å². The van der Waals surface area contributed by atoms with Crippen molar-refractivity contribution in [2.24, 2.45) is 5.92 Å². The first kappa shape index (κ1) is 24.0. The predicted octanol–water partition coefficient (Wildman–Crippen LogP) is 2.66. The smallest absolute Gasteiger partial charge is 0.253 e. The number of ether oxygens (including phenoxy) is 1. The average Bonchev–Trinajstić information content (AvgIpc) is 2.69. The lowest BCUT2D eigenvalue weighted by Crippen LogP contribution is -2.52. The van der Waals surface area contributed by atoms with Crippen LogP contribution in [0.3, 0.4) is 0 Å². The summed E-state index contributed by atoms with van der Waals surface area (Å²) in [5.74, 6) is 0.834. The van der Waals surface area contributed by atoms with Gasteiger partial charge in [-0.05, 0) is 36.5 Å². The summed E-state index contributed by atoms with van der Waals surface area (Å²) in [4.78, 5) is 27.7. The molecule has 0 aromatic heterocycles. The van der Waals surface area contributed by atoms with Crippen molar-refractivity contribution in [1.29, 1.82) is 0 Å². The van der Waals surface area contributed by atoms with E-state index >= 15 is 0 Å². The first-order valence-electron chi connectivity index (χ1n) is 10.1. The van der Waals surface area contributed by atoms with Crippen LogP contribution in [0.1, 0.15) is 30.6 Å². The highest BCUT2D eigenvalue weighted by atomic mass is 35.5. The quantitative estimate of drug-likeness (QED) is 0.584. The van der Waals surface area contributed by atoms with Gasteiger partial charge in [0.25, 0.3) is 5.91 Å². The van der Waals surface area contributed by atoms with Gasteiger partial charge in [-0.2, -0.15) is 11.8 Å². The van der Waals surface area contributed by atoms with Gasteiger partial charge in [-0.1, -0.05) is 37.6 Å². The van der Waals surface area contributed by atoms with E-state index in [1.807, 2.05) is 6.26 Å². The number of morpholine rings is 1. The number of carbonyl (C=O) groups excluding carboxylic acids is 2. The molecule has 1 saturated heterocycles. The average molecular weight is 442 g/mol. The van der Waals surface area contributed by atoms with Crippen molar-refractivity contribution < 1.29 is 14.3 Å². The van der Waals surface area contributed by atoms with E-state index in [0.29, 0.717) is 36.1 Å². The molecule has 0 radical (unpaired) electrons. The lowest BCUT2D eigenvalue weighted by Gasteiger charge is -2.34. The maximum Gasteiger partial charge on any atom is 0.253 e. The fraction of sp³-hybridized carbons (Fsp3) is 0.619. The van der Waals surface area contributed by atoms with Gasteiger partial charge in [0.05, 0.1) is 23.3 Å². The summed E-state index contributed by atoms with van der Waals surface area (Å²) < 4.78 is 5.80. The number of hydrogen-bond donors (Lipinski definition) is 2. The molecule has 2 atom stereocenters. The summed E-state index contributed by atoms with van der Waals surface area (Å²) in [6.07, 6.45) is 2.49. The summed E-state index contributed by atoms with van der Waals surface area (Å²) in [6, 6.07) is 6.23. The molecule has 1 fully saturated rings. The van der Waals surface area contributed by atoms with Crippen LogP contribution in [0.4, 0.5) is 0 Å². The van der Waals surface area contributed by atoms with Gasteiger partial charge in [0.15, 0.2) is 0 Å². The molecule has 2 amide bonds. The Morgan fingerprint density at radius 1 is 1.34 bits per heavy atom. The standard InChI is InChI=1S/C21H32ClN3O3S/c1-15(2)13-25-9-10-28-16(14-25)12-23-21(27)19(8-11-29-3)24-20(26)17-6-4-5-7-18(17)22/h4-7,15-16,19H,8-14H2,1-3H3,(H,23,27)(H,24,26). The van der Waals surface area contributed by atoms with Crippen LogP contribution in [0.5, 0.6) is 0 Å². The Kier molecular flexibility index (Phi) is 10.3. The molecule has 0 spiro atoms. The zero-order valence-electron chi connectivity index (χ0n) is 17.4. The van der Waals surface area contributed by atoms with Crippen LogP contribution in [0, 0.1) is 5.92 Å². The number of hydrogen-bond acceptors (Lipinski definition) is 5. The van der Waals surface area contributed by atoms with Gasteiger partial charge in [-0.15, -0.1) is 0 Å². The minimum absolute atomic E-state index is 0.0353. The molecule has 1 aromatic rings. The van der Waals surface area contributed by atoms with E-state index in [1.54, 1.807) is 36.0 Å². The lowest BCUT2D eigenvalue weighted by atomic mass is 10.1. The molecule has 0 saturated carbocycles. The summed E-state index contributed by atoms with van der Waals surface area (Å²) in [5, 5.41) is 6.16. The molecule has 1 aromatic carbocycles. The van der Waals surface area contributed by atoms with Crippen molar-refractivity contribution in [1.82, 2.24) is 15.5 Å². The van der Waals surface area contributed by atoms with E-state index in [0.717, 1.165) is 25.4 Å². The lowest BCUT2D eigenvalue weighted by molar-refractivity contribution is -0.124.